The zero-order valence-electron chi connectivity index (χ0n) is 32.8. The molecule has 4 unspecified atom stereocenters. The van der Waals surface area contributed by atoms with E-state index in [9.17, 15) is 0 Å². The van der Waals surface area contributed by atoms with Crippen LogP contribution in [0.2, 0.25) is 0 Å². The molecule has 0 fully saturated rings. The zero-order chi connectivity index (χ0) is 36.8. The molecule has 0 aliphatic carbocycles. The number of benzene rings is 4. The molecular formula is C48H58N2O2. The van der Waals surface area contributed by atoms with Crippen molar-refractivity contribution in [3.63, 3.8) is 0 Å². The Labute approximate surface area is 311 Å². The van der Waals surface area contributed by atoms with Gasteiger partial charge in [0.1, 0.15) is 11.0 Å². The standard InChI is InChI=1S/C48H58N2O2/c1-9-31(5)23-36-27-39(25-33(7)11-3)45-42(29-36)49-47(51-45)41-20-16-19-38(22-21-35-17-14-13-15-18-35)44(41)48-50-43-30-37(24-32(6)10-2)28-40(46(43)52-48)26-34(8)12-4/h13-22,27-34H,9-12,23-26H2,1-8H3. The number of oxazole rings is 2. The van der Waals surface area contributed by atoms with Gasteiger partial charge in [0, 0.05) is 0 Å². The quantitative estimate of drug-likeness (QED) is 0.0946. The molecule has 2 aromatic heterocycles. The van der Waals surface area contributed by atoms with Crippen LogP contribution in [0.1, 0.15) is 114 Å². The van der Waals surface area contributed by atoms with Crippen molar-refractivity contribution < 1.29 is 8.83 Å². The van der Waals surface area contributed by atoms with Gasteiger partial charge in [0.05, 0.1) is 11.1 Å². The Bertz CT molecular complexity index is 2120. The van der Waals surface area contributed by atoms with E-state index in [0.717, 1.165) is 95.8 Å². The monoisotopic (exact) mass is 694 g/mol. The minimum Gasteiger partial charge on any atom is -0.436 e. The fourth-order valence-electron chi connectivity index (χ4n) is 7.10. The van der Waals surface area contributed by atoms with Crippen molar-refractivity contribution in [3.05, 3.63) is 106 Å². The number of fused-ring (bicyclic) bond motifs is 2. The topological polar surface area (TPSA) is 52.1 Å². The predicted molar refractivity (Wildman–Crippen MR) is 220 cm³/mol. The number of rotatable bonds is 16. The van der Waals surface area contributed by atoms with E-state index in [0.29, 0.717) is 35.5 Å². The molecular weight excluding hydrogens is 637 g/mol. The minimum absolute atomic E-state index is 0.543. The maximum Gasteiger partial charge on any atom is 0.228 e. The molecule has 52 heavy (non-hydrogen) atoms. The van der Waals surface area contributed by atoms with E-state index in [-0.39, 0.29) is 0 Å². The Kier molecular flexibility index (Phi) is 12.1. The summed E-state index contributed by atoms with van der Waals surface area (Å²) in [5.74, 6) is 3.50. The summed E-state index contributed by atoms with van der Waals surface area (Å²) in [5, 5.41) is 0. The van der Waals surface area contributed by atoms with Gasteiger partial charge in [0.25, 0.3) is 0 Å². The molecule has 6 aromatic rings. The summed E-state index contributed by atoms with van der Waals surface area (Å²) in [5.41, 5.74) is 12.7. The van der Waals surface area contributed by atoms with Gasteiger partial charge < -0.3 is 8.83 Å². The van der Waals surface area contributed by atoms with Crippen LogP contribution in [-0.4, -0.2) is 9.97 Å². The van der Waals surface area contributed by atoms with Gasteiger partial charge in [-0.15, -0.1) is 0 Å². The van der Waals surface area contributed by atoms with Crippen molar-refractivity contribution in [2.45, 2.75) is 107 Å². The Hall–Kier alpha value is -4.44. The highest BCUT2D eigenvalue weighted by atomic mass is 16.4. The van der Waals surface area contributed by atoms with Crippen LogP contribution >= 0.6 is 0 Å². The molecule has 4 atom stereocenters. The van der Waals surface area contributed by atoms with E-state index in [1.807, 2.05) is 6.07 Å². The Morgan fingerprint density at radius 2 is 1.04 bits per heavy atom. The maximum atomic E-state index is 6.90. The SMILES string of the molecule is CCC(C)Cc1cc(CC(C)CC)c2oc(-c3cccc(C=Cc4ccccc4)c3-c3nc4cc(CC(C)CC)cc(CC(C)CC)c4o3)nc2c1. The highest BCUT2D eigenvalue weighted by Crippen LogP contribution is 2.40. The zero-order valence-corrected chi connectivity index (χ0v) is 32.8. The van der Waals surface area contributed by atoms with Crippen molar-refractivity contribution in [2.24, 2.45) is 23.7 Å². The lowest BCUT2D eigenvalue weighted by molar-refractivity contribution is 0.545. The normalized spacial score (nSPS) is 14.4. The van der Waals surface area contributed by atoms with Gasteiger partial charge in [-0.2, -0.15) is 0 Å². The molecule has 0 saturated heterocycles. The Morgan fingerprint density at radius 1 is 0.538 bits per heavy atom. The molecule has 272 valence electrons. The first-order valence-corrected chi connectivity index (χ1v) is 19.9. The van der Waals surface area contributed by atoms with Gasteiger partial charge in [0.2, 0.25) is 11.8 Å². The molecule has 0 spiro atoms. The molecule has 0 saturated carbocycles. The first-order chi connectivity index (χ1) is 25.2. The molecule has 4 aromatic carbocycles. The van der Waals surface area contributed by atoms with Crippen molar-refractivity contribution in [2.75, 3.05) is 0 Å². The molecule has 0 radical (unpaired) electrons. The maximum absolute atomic E-state index is 6.90. The third kappa shape index (κ3) is 8.60. The van der Waals surface area contributed by atoms with Crippen LogP contribution < -0.4 is 0 Å². The lowest BCUT2D eigenvalue weighted by Gasteiger charge is -2.13. The summed E-state index contributed by atoms with van der Waals surface area (Å²) in [6, 6.07) is 26.0. The molecule has 0 N–H and O–H groups in total. The second-order valence-corrected chi connectivity index (χ2v) is 15.6. The molecule has 0 aliphatic heterocycles. The van der Waals surface area contributed by atoms with E-state index in [2.05, 4.69) is 134 Å². The molecule has 2 heterocycles. The molecule has 4 nitrogen and oxygen atoms in total. The number of hydrogen-bond donors (Lipinski definition) is 0. The van der Waals surface area contributed by atoms with Crippen molar-refractivity contribution in [3.8, 4) is 22.9 Å². The van der Waals surface area contributed by atoms with Gasteiger partial charge in [-0.1, -0.05) is 148 Å². The van der Waals surface area contributed by atoms with Gasteiger partial charge in [0.15, 0.2) is 11.2 Å². The lowest BCUT2D eigenvalue weighted by atomic mass is 9.93. The summed E-state index contributed by atoms with van der Waals surface area (Å²) in [6.45, 7) is 18.4. The van der Waals surface area contributed by atoms with Crippen LogP contribution in [0.4, 0.5) is 0 Å². The van der Waals surface area contributed by atoms with Crippen LogP contribution in [0, 0.1) is 23.7 Å². The number of aromatic nitrogens is 2. The second-order valence-electron chi connectivity index (χ2n) is 15.6. The third-order valence-electron chi connectivity index (χ3n) is 11.1. The largest absolute Gasteiger partial charge is 0.436 e. The second kappa shape index (κ2) is 16.9. The highest BCUT2D eigenvalue weighted by Gasteiger charge is 2.24. The van der Waals surface area contributed by atoms with Gasteiger partial charge >= 0.3 is 0 Å². The van der Waals surface area contributed by atoms with Crippen LogP contribution in [0.15, 0.2) is 81.6 Å². The molecule has 0 amide bonds. The first kappa shape index (κ1) is 37.3. The number of hydrogen-bond acceptors (Lipinski definition) is 4. The average Bonchev–Trinajstić information content (AvgIpc) is 3.79. The molecule has 6 rings (SSSR count). The van der Waals surface area contributed by atoms with Gasteiger partial charge in [-0.3, -0.25) is 0 Å². The molecule has 0 bridgehead atoms. The van der Waals surface area contributed by atoms with E-state index < -0.39 is 0 Å². The van der Waals surface area contributed by atoms with Crippen molar-refractivity contribution in [1.82, 2.24) is 9.97 Å². The smallest absolute Gasteiger partial charge is 0.228 e. The van der Waals surface area contributed by atoms with Gasteiger partial charge in [-0.05, 0) is 101 Å². The van der Waals surface area contributed by atoms with Gasteiger partial charge in [-0.25, -0.2) is 9.97 Å². The third-order valence-corrected chi connectivity index (χ3v) is 11.1. The van der Waals surface area contributed by atoms with Crippen LogP contribution in [-0.2, 0) is 25.7 Å². The summed E-state index contributed by atoms with van der Waals surface area (Å²) >= 11 is 0. The Morgan fingerprint density at radius 3 is 1.58 bits per heavy atom. The minimum atomic E-state index is 0.543. The molecule has 0 aliphatic rings. The van der Waals surface area contributed by atoms with Crippen molar-refractivity contribution >= 4 is 34.4 Å². The van der Waals surface area contributed by atoms with Crippen LogP contribution in [0.3, 0.4) is 0 Å². The number of nitrogens with zero attached hydrogens (tertiary/aromatic N) is 2. The Balaban J connectivity index is 1.56. The van der Waals surface area contributed by atoms with E-state index in [1.165, 1.54) is 22.3 Å². The fourth-order valence-corrected chi connectivity index (χ4v) is 7.10. The van der Waals surface area contributed by atoms with Crippen LogP contribution in [0.25, 0.3) is 57.3 Å². The van der Waals surface area contributed by atoms with E-state index in [1.54, 1.807) is 0 Å². The molecule has 4 heteroatoms. The van der Waals surface area contributed by atoms with Crippen molar-refractivity contribution in [1.29, 1.82) is 0 Å². The summed E-state index contributed by atoms with van der Waals surface area (Å²) in [7, 11) is 0. The average molecular weight is 695 g/mol. The van der Waals surface area contributed by atoms with E-state index >= 15 is 0 Å². The van der Waals surface area contributed by atoms with E-state index in [4.69, 9.17) is 18.8 Å². The summed E-state index contributed by atoms with van der Waals surface area (Å²) in [6.07, 6.45) is 12.8. The summed E-state index contributed by atoms with van der Waals surface area (Å²) in [4.78, 5) is 10.5. The summed E-state index contributed by atoms with van der Waals surface area (Å²) < 4.78 is 13.7. The van der Waals surface area contributed by atoms with Crippen LogP contribution in [0.5, 0.6) is 0 Å². The highest BCUT2D eigenvalue weighted by molar-refractivity contribution is 5.91. The first-order valence-electron chi connectivity index (χ1n) is 19.9. The fraction of sp³-hybridized carbons (Fsp3) is 0.417. The lowest BCUT2D eigenvalue weighted by Crippen LogP contribution is -2.02. The predicted octanol–water partition coefficient (Wildman–Crippen LogP) is 13.8.